The van der Waals surface area contributed by atoms with E-state index >= 15 is 0 Å². The predicted octanol–water partition coefficient (Wildman–Crippen LogP) is 4.83. The van der Waals surface area contributed by atoms with Gasteiger partial charge >= 0.3 is 0 Å². The lowest BCUT2D eigenvalue weighted by molar-refractivity contribution is 0.102. The summed E-state index contributed by atoms with van der Waals surface area (Å²) in [6.45, 7) is 0. The zero-order valence-corrected chi connectivity index (χ0v) is 17.3. The van der Waals surface area contributed by atoms with E-state index in [1.54, 1.807) is 11.3 Å². The molecule has 1 aliphatic rings. The highest BCUT2D eigenvalue weighted by atomic mass is 127. The summed E-state index contributed by atoms with van der Waals surface area (Å²) in [4.78, 5) is 17.6. The van der Waals surface area contributed by atoms with E-state index in [1.807, 2.05) is 47.1 Å². The van der Waals surface area contributed by atoms with Gasteiger partial charge in [-0.15, -0.1) is 0 Å². The minimum Gasteiger partial charge on any atom is -0.306 e. The molecule has 27 heavy (non-hydrogen) atoms. The second-order valence-electron chi connectivity index (χ2n) is 6.44. The molecule has 0 saturated heterocycles. The van der Waals surface area contributed by atoms with Gasteiger partial charge in [0.2, 0.25) is 5.13 Å². The summed E-state index contributed by atoms with van der Waals surface area (Å²) in [5.74, 6) is 0.642. The third-order valence-corrected chi connectivity index (χ3v) is 6.67. The fraction of sp³-hybridized carbons (Fsp3) is 0.150. The van der Waals surface area contributed by atoms with Crippen LogP contribution in [0.25, 0.3) is 15.3 Å². The molecule has 4 aromatic rings. The summed E-state index contributed by atoms with van der Waals surface area (Å²) < 4.78 is 3.84. The Morgan fingerprint density at radius 3 is 2.78 bits per heavy atom. The molecule has 0 radical (unpaired) electrons. The minimum atomic E-state index is -0.114. The van der Waals surface area contributed by atoms with E-state index in [0.29, 0.717) is 5.56 Å². The van der Waals surface area contributed by atoms with Crippen LogP contribution in [0.2, 0.25) is 0 Å². The van der Waals surface area contributed by atoms with Crippen molar-refractivity contribution in [1.29, 1.82) is 0 Å². The van der Waals surface area contributed by atoms with Crippen molar-refractivity contribution in [2.45, 2.75) is 19.3 Å². The Morgan fingerprint density at radius 1 is 1.11 bits per heavy atom. The van der Waals surface area contributed by atoms with Crippen molar-refractivity contribution in [2.75, 3.05) is 5.32 Å². The molecule has 2 heterocycles. The number of hydrogen-bond donors (Lipinski definition) is 1. The number of halogens is 1. The lowest BCUT2D eigenvalue weighted by Gasteiger charge is -2.10. The fourth-order valence-electron chi connectivity index (χ4n) is 3.43. The number of benzene rings is 2. The second kappa shape index (κ2) is 6.72. The number of aromatic nitrogens is 3. The molecule has 5 rings (SSSR count). The highest BCUT2D eigenvalue weighted by Crippen LogP contribution is 2.34. The number of amides is 1. The van der Waals surface area contributed by atoms with E-state index in [0.717, 1.165) is 55.3 Å². The number of hydrogen-bond acceptors (Lipinski definition) is 4. The van der Waals surface area contributed by atoms with Gasteiger partial charge in [-0.1, -0.05) is 35.6 Å². The van der Waals surface area contributed by atoms with Gasteiger partial charge in [-0.25, -0.2) is 4.98 Å². The van der Waals surface area contributed by atoms with Gasteiger partial charge in [0.1, 0.15) is 5.82 Å². The molecule has 0 fully saturated rings. The zero-order chi connectivity index (χ0) is 18.4. The molecule has 1 N–H and O–H groups in total. The Kier molecular flexibility index (Phi) is 4.20. The Morgan fingerprint density at radius 2 is 1.93 bits per heavy atom. The van der Waals surface area contributed by atoms with Crippen LogP contribution in [0.5, 0.6) is 0 Å². The lowest BCUT2D eigenvalue weighted by atomic mass is 10.2. The molecule has 0 atom stereocenters. The maximum atomic E-state index is 12.9. The summed E-state index contributed by atoms with van der Waals surface area (Å²) in [5.41, 5.74) is 3.81. The average Bonchev–Trinajstić information content (AvgIpc) is 3.36. The van der Waals surface area contributed by atoms with Crippen molar-refractivity contribution in [3.63, 3.8) is 0 Å². The fourth-order valence-corrected chi connectivity index (χ4v) is 4.99. The topological polar surface area (TPSA) is 59.8 Å². The highest BCUT2D eigenvalue weighted by molar-refractivity contribution is 14.1. The standard InChI is InChI=1S/C20H15IN4OS/c21-14-8-2-1-6-12(14)19(26)23-18-13-7-5-10-15(13)24-25(18)20-22-16-9-3-4-11-17(16)27-20/h1-4,6,8-9,11H,5,7,10H2,(H,23,26). The number of carbonyl (C=O) groups excluding carboxylic acids is 1. The maximum Gasteiger partial charge on any atom is 0.257 e. The van der Waals surface area contributed by atoms with E-state index in [-0.39, 0.29) is 5.91 Å². The monoisotopic (exact) mass is 486 g/mol. The average molecular weight is 486 g/mol. The molecule has 7 heteroatoms. The smallest absolute Gasteiger partial charge is 0.257 e. The Hall–Kier alpha value is -2.26. The van der Waals surface area contributed by atoms with Gasteiger partial charge in [0.05, 0.1) is 21.5 Å². The second-order valence-corrected chi connectivity index (χ2v) is 8.61. The van der Waals surface area contributed by atoms with Crippen molar-refractivity contribution in [3.05, 3.63) is 68.9 Å². The Bertz CT molecular complexity index is 1150. The van der Waals surface area contributed by atoms with Crippen LogP contribution in [0.3, 0.4) is 0 Å². The van der Waals surface area contributed by atoms with Crippen molar-refractivity contribution >= 4 is 55.9 Å². The SMILES string of the molecule is O=C(Nc1c2c(nn1-c1nc3ccccc3s1)CCC2)c1ccccc1I. The summed E-state index contributed by atoms with van der Waals surface area (Å²) >= 11 is 3.77. The van der Waals surface area contributed by atoms with Crippen LogP contribution < -0.4 is 5.32 Å². The predicted molar refractivity (Wildman–Crippen MR) is 116 cm³/mol. The van der Waals surface area contributed by atoms with Gasteiger partial charge in [0.25, 0.3) is 5.91 Å². The molecule has 0 unspecified atom stereocenters. The number of anilines is 1. The van der Waals surface area contributed by atoms with Gasteiger partial charge in [-0.3, -0.25) is 4.79 Å². The van der Waals surface area contributed by atoms with Crippen molar-refractivity contribution < 1.29 is 4.79 Å². The van der Waals surface area contributed by atoms with E-state index in [1.165, 1.54) is 0 Å². The maximum absolute atomic E-state index is 12.9. The lowest BCUT2D eigenvalue weighted by Crippen LogP contribution is -2.17. The first-order valence-corrected chi connectivity index (χ1v) is 10.6. The van der Waals surface area contributed by atoms with Gasteiger partial charge < -0.3 is 5.32 Å². The molecular formula is C20H15IN4OS. The van der Waals surface area contributed by atoms with Crippen molar-refractivity contribution in [1.82, 2.24) is 14.8 Å². The van der Waals surface area contributed by atoms with Crippen molar-refractivity contribution in [3.8, 4) is 5.13 Å². The number of fused-ring (bicyclic) bond motifs is 2. The van der Waals surface area contributed by atoms with Crippen LogP contribution in [0, 0.1) is 3.57 Å². The van der Waals surface area contributed by atoms with Crippen LogP contribution >= 0.6 is 33.9 Å². The molecule has 0 aliphatic heterocycles. The van der Waals surface area contributed by atoms with Crippen LogP contribution in [0.1, 0.15) is 28.0 Å². The summed E-state index contributed by atoms with van der Waals surface area (Å²) in [7, 11) is 0. The van der Waals surface area contributed by atoms with Crippen LogP contribution in [0.15, 0.2) is 48.5 Å². The number of rotatable bonds is 3. The molecular weight excluding hydrogens is 471 g/mol. The van der Waals surface area contributed by atoms with Crippen LogP contribution in [-0.2, 0) is 12.8 Å². The molecule has 0 saturated carbocycles. The summed E-state index contributed by atoms with van der Waals surface area (Å²) in [6, 6.07) is 15.6. The summed E-state index contributed by atoms with van der Waals surface area (Å²) in [6.07, 6.45) is 2.95. The summed E-state index contributed by atoms with van der Waals surface area (Å²) in [5, 5.41) is 8.67. The van der Waals surface area contributed by atoms with Crippen LogP contribution in [0.4, 0.5) is 5.82 Å². The number of para-hydroxylation sites is 1. The van der Waals surface area contributed by atoms with Gasteiger partial charge in [-0.05, 0) is 66.1 Å². The molecule has 1 amide bonds. The molecule has 2 aromatic heterocycles. The number of carbonyl (C=O) groups is 1. The molecule has 0 spiro atoms. The molecule has 134 valence electrons. The third kappa shape index (κ3) is 2.94. The normalized spacial score (nSPS) is 13.1. The first kappa shape index (κ1) is 16.9. The van der Waals surface area contributed by atoms with E-state index in [4.69, 9.17) is 10.1 Å². The first-order valence-electron chi connectivity index (χ1n) is 8.73. The molecule has 2 aromatic carbocycles. The molecule has 5 nitrogen and oxygen atoms in total. The van der Waals surface area contributed by atoms with E-state index < -0.39 is 0 Å². The number of nitrogens with one attached hydrogen (secondary N) is 1. The number of nitrogens with zero attached hydrogens (tertiary/aromatic N) is 3. The van der Waals surface area contributed by atoms with Crippen LogP contribution in [-0.4, -0.2) is 20.7 Å². The first-order chi connectivity index (χ1) is 13.2. The van der Waals surface area contributed by atoms with E-state index in [9.17, 15) is 4.79 Å². The number of aryl methyl sites for hydroxylation is 1. The zero-order valence-electron chi connectivity index (χ0n) is 14.3. The largest absolute Gasteiger partial charge is 0.306 e. The Balaban J connectivity index is 1.59. The van der Waals surface area contributed by atoms with E-state index in [2.05, 4.69) is 34.0 Å². The third-order valence-electron chi connectivity index (χ3n) is 4.72. The minimum absolute atomic E-state index is 0.114. The molecule has 0 bridgehead atoms. The highest BCUT2D eigenvalue weighted by Gasteiger charge is 2.26. The molecule has 1 aliphatic carbocycles. The van der Waals surface area contributed by atoms with Crippen molar-refractivity contribution in [2.24, 2.45) is 0 Å². The number of thiazole rings is 1. The quantitative estimate of drug-likeness (QED) is 0.423. The van der Waals surface area contributed by atoms with Gasteiger partial charge in [-0.2, -0.15) is 9.78 Å². The van der Waals surface area contributed by atoms with Gasteiger partial charge in [0, 0.05) is 9.13 Å². The Labute approximate surface area is 173 Å². The van der Waals surface area contributed by atoms with Gasteiger partial charge in [0.15, 0.2) is 0 Å².